The third-order valence-corrected chi connectivity index (χ3v) is 4.40. The standard InChI is InChI=1S/C17H36O2P/c1-3-5-7-9-11-13-15-17(19-20-18)16-14-12-10-8-6-4-2/h17,20H,3-16H2,1-2H3/q+1. The van der Waals surface area contributed by atoms with E-state index in [-0.39, 0.29) is 6.10 Å². The summed E-state index contributed by atoms with van der Waals surface area (Å²) in [6, 6.07) is 0. The van der Waals surface area contributed by atoms with Crippen molar-refractivity contribution in [2.75, 3.05) is 0 Å². The molecule has 0 saturated heterocycles. The van der Waals surface area contributed by atoms with Crippen LogP contribution >= 0.6 is 8.69 Å². The van der Waals surface area contributed by atoms with Crippen molar-refractivity contribution in [2.45, 2.75) is 110 Å². The van der Waals surface area contributed by atoms with E-state index in [0.29, 0.717) is 0 Å². The molecule has 1 atom stereocenters. The molecule has 0 fully saturated rings. The highest BCUT2D eigenvalue weighted by Crippen LogP contribution is 2.19. The predicted molar refractivity (Wildman–Crippen MR) is 89.9 cm³/mol. The molecule has 0 radical (unpaired) electrons. The molecule has 20 heavy (non-hydrogen) atoms. The molecule has 0 saturated carbocycles. The van der Waals surface area contributed by atoms with Gasteiger partial charge in [0.2, 0.25) is 0 Å². The molecule has 0 aliphatic rings. The van der Waals surface area contributed by atoms with Crippen molar-refractivity contribution in [2.24, 2.45) is 0 Å². The van der Waals surface area contributed by atoms with Crippen LogP contribution in [0.15, 0.2) is 0 Å². The first-order chi connectivity index (χ1) is 9.85. The van der Waals surface area contributed by atoms with Crippen LogP contribution in [0.25, 0.3) is 0 Å². The lowest BCUT2D eigenvalue weighted by Gasteiger charge is -2.10. The Kier molecular flexibility index (Phi) is 17.2. The molecule has 2 nitrogen and oxygen atoms in total. The Labute approximate surface area is 128 Å². The van der Waals surface area contributed by atoms with Crippen molar-refractivity contribution in [3.63, 3.8) is 0 Å². The molecule has 0 bridgehead atoms. The smallest absolute Gasteiger partial charge is 0.145 e. The summed E-state index contributed by atoms with van der Waals surface area (Å²) in [6.45, 7) is 4.50. The van der Waals surface area contributed by atoms with E-state index in [1.807, 2.05) is 0 Å². The maximum Gasteiger partial charge on any atom is 0.494 e. The molecule has 0 amide bonds. The van der Waals surface area contributed by atoms with Crippen molar-refractivity contribution >= 4 is 8.69 Å². The highest BCUT2D eigenvalue weighted by molar-refractivity contribution is 7.17. The average Bonchev–Trinajstić information content (AvgIpc) is 2.46. The fraction of sp³-hybridized carbons (Fsp3) is 1.00. The van der Waals surface area contributed by atoms with E-state index in [4.69, 9.17) is 4.52 Å². The summed E-state index contributed by atoms with van der Waals surface area (Å²) in [5.74, 6) is 0. The summed E-state index contributed by atoms with van der Waals surface area (Å²) in [5, 5.41) is 0. The van der Waals surface area contributed by atoms with Crippen LogP contribution in [-0.2, 0) is 9.09 Å². The van der Waals surface area contributed by atoms with Gasteiger partial charge in [0.05, 0.1) is 0 Å². The molecular weight excluding hydrogens is 267 g/mol. The first-order valence-electron chi connectivity index (χ1n) is 8.87. The van der Waals surface area contributed by atoms with Crippen LogP contribution in [0, 0.1) is 0 Å². The van der Waals surface area contributed by atoms with Gasteiger partial charge in [-0.05, 0) is 17.4 Å². The lowest BCUT2D eigenvalue weighted by Crippen LogP contribution is -2.07. The molecule has 0 aliphatic carbocycles. The van der Waals surface area contributed by atoms with Crippen molar-refractivity contribution in [1.29, 1.82) is 0 Å². The van der Waals surface area contributed by atoms with Gasteiger partial charge < -0.3 is 0 Å². The third-order valence-electron chi connectivity index (χ3n) is 3.97. The van der Waals surface area contributed by atoms with Crippen LogP contribution in [0.1, 0.15) is 104 Å². The van der Waals surface area contributed by atoms with Crippen LogP contribution in [0.5, 0.6) is 0 Å². The van der Waals surface area contributed by atoms with E-state index in [9.17, 15) is 4.57 Å². The molecule has 0 N–H and O–H groups in total. The second kappa shape index (κ2) is 17.1. The molecule has 0 aromatic rings. The number of rotatable bonds is 16. The van der Waals surface area contributed by atoms with E-state index in [2.05, 4.69) is 13.8 Å². The van der Waals surface area contributed by atoms with Crippen molar-refractivity contribution < 1.29 is 9.09 Å². The third kappa shape index (κ3) is 14.5. The highest BCUT2D eigenvalue weighted by atomic mass is 31.1. The van der Waals surface area contributed by atoms with Crippen LogP contribution in [0.3, 0.4) is 0 Å². The summed E-state index contributed by atoms with van der Waals surface area (Å²) < 4.78 is 16.1. The Bertz CT molecular complexity index is 181. The van der Waals surface area contributed by atoms with E-state index < -0.39 is 8.69 Å². The topological polar surface area (TPSA) is 26.3 Å². The van der Waals surface area contributed by atoms with E-state index in [1.165, 1.54) is 77.0 Å². The highest BCUT2D eigenvalue weighted by Gasteiger charge is 2.13. The number of unbranched alkanes of at least 4 members (excludes halogenated alkanes) is 10. The monoisotopic (exact) mass is 303 g/mol. The van der Waals surface area contributed by atoms with E-state index in [0.717, 1.165) is 12.8 Å². The van der Waals surface area contributed by atoms with Crippen molar-refractivity contribution in [3.05, 3.63) is 0 Å². The summed E-state index contributed by atoms with van der Waals surface area (Å²) >= 11 is 0. The summed E-state index contributed by atoms with van der Waals surface area (Å²) in [4.78, 5) is 0. The maximum atomic E-state index is 10.7. The molecule has 1 unspecified atom stereocenters. The molecule has 0 heterocycles. The fourth-order valence-corrected chi connectivity index (χ4v) is 3.01. The molecule has 0 spiro atoms. The minimum atomic E-state index is -0.588. The van der Waals surface area contributed by atoms with Gasteiger partial charge in [-0.1, -0.05) is 90.9 Å². The summed E-state index contributed by atoms with van der Waals surface area (Å²) in [7, 11) is -0.588. The molecule has 0 aromatic carbocycles. The van der Waals surface area contributed by atoms with Crippen molar-refractivity contribution in [1.82, 2.24) is 0 Å². The molecule has 0 aliphatic heterocycles. The zero-order valence-electron chi connectivity index (χ0n) is 13.8. The van der Waals surface area contributed by atoms with Gasteiger partial charge in [-0.2, -0.15) is 0 Å². The van der Waals surface area contributed by atoms with Crippen LogP contribution in [0.2, 0.25) is 0 Å². The molecule has 3 heteroatoms. The van der Waals surface area contributed by atoms with Gasteiger partial charge in [-0.15, -0.1) is 4.52 Å². The minimum Gasteiger partial charge on any atom is -0.145 e. The minimum absolute atomic E-state index is 0.239. The normalized spacial score (nSPS) is 11.6. The Morgan fingerprint density at radius 2 is 1.10 bits per heavy atom. The van der Waals surface area contributed by atoms with Crippen LogP contribution < -0.4 is 0 Å². The van der Waals surface area contributed by atoms with Gasteiger partial charge in [-0.25, -0.2) is 0 Å². The van der Waals surface area contributed by atoms with Gasteiger partial charge in [-0.3, -0.25) is 0 Å². The molecular formula is C17H36O2P+. The van der Waals surface area contributed by atoms with E-state index >= 15 is 0 Å². The second-order valence-corrected chi connectivity index (χ2v) is 6.34. The molecule has 0 rings (SSSR count). The summed E-state index contributed by atoms with van der Waals surface area (Å²) in [5.41, 5.74) is 0. The van der Waals surface area contributed by atoms with Gasteiger partial charge in [0.15, 0.2) is 0 Å². The zero-order chi connectivity index (χ0) is 14.9. The zero-order valence-corrected chi connectivity index (χ0v) is 14.8. The molecule has 0 aromatic heterocycles. The Morgan fingerprint density at radius 3 is 1.50 bits per heavy atom. The Hall–Kier alpha value is 0.0600. The van der Waals surface area contributed by atoms with Gasteiger partial charge in [0, 0.05) is 0 Å². The largest absolute Gasteiger partial charge is 0.494 e. The lowest BCUT2D eigenvalue weighted by molar-refractivity contribution is 0.191. The van der Waals surface area contributed by atoms with E-state index in [1.54, 1.807) is 0 Å². The first-order valence-corrected chi connectivity index (χ1v) is 9.69. The van der Waals surface area contributed by atoms with Crippen LogP contribution in [0.4, 0.5) is 0 Å². The Balaban J connectivity index is 3.47. The average molecular weight is 303 g/mol. The fourth-order valence-electron chi connectivity index (χ4n) is 2.63. The predicted octanol–water partition coefficient (Wildman–Crippen LogP) is 6.81. The first kappa shape index (κ1) is 20.1. The van der Waals surface area contributed by atoms with Gasteiger partial charge in [0.1, 0.15) is 6.10 Å². The van der Waals surface area contributed by atoms with Gasteiger partial charge >= 0.3 is 8.69 Å². The number of hydrogen-bond donors (Lipinski definition) is 0. The van der Waals surface area contributed by atoms with Crippen LogP contribution in [-0.4, -0.2) is 6.10 Å². The number of hydrogen-bond acceptors (Lipinski definition) is 2. The maximum absolute atomic E-state index is 10.7. The lowest BCUT2D eigenvalue weighted by atomic mass is 10.0. The quantitative estimate of drug-likeness (QED) is 0.231. The van der Waals surface area contributed by atoms with Gasteiger partial charge in [0.25, 0.3) is 0 Å². The Morgan fingerprint density at radius 1 is 0.700 bits per heavy atom. The second-order valence-electron chi connectivity index (χ2n) is 5.94. The SMILES string of the molecule is CCCCCCCCC(CCCCCCCC)O[PH+]=O. The summed E-state index contributed by atoms with van der Waals surface area (Å²) in [6.07, 6.45) is 18.2. The molecule has 120 valence electrons. The van der Waals surface area contributed by atoms with Crippen molar-refractivity contribution in [3.8, 4) is 0 Å².